The minimum atomic E-state index is -3.75. The Bertz CT molecular complexity index is 806. The fourth-order valence-corrected chi connectivity index (χ4v) is 2.89. The first-order valence-corrected chi connectivity index (χ1v) is 8.93. The highest BCUT2D eigenvalue weighted by atomic mass is 79.9. The number of halogens is 1. The number of hydrogen-bond acceptors (Lipinski definition) is 3. The van der Waals surface area contributed by atoms with E-state index in [1.165, 1.54) is 18.2 Å². The summed E-state index contributed by atoms with van der Waals surface area (Å²) in [6.07, 6.45) is 4.68. The molecule has 5 nitrogen and oxygen atoms in total. The number of alkyl halides is 1. The van der Waals surface area contributed by atoms with E-state index in [1.54, 1.807) is 37.3 Å². The molecule has 0 spiro atoms. The van der Waals surface area contributed by atoms with Gasteiger partial charge in [0.25, 0.3) is 15.9 Å². The third-order valence-electron chi connectivity index (χ3n) is 2.81. The van der Waals surface area contributed by atoms with Gasteiger partial charge in [-0.2, -0.15) is 12.8 Å². The van der Waals surface area contributed by atoms with Crippen molar-refractivity contribution in [3.8, 4) is 0 Å². The van der Waals surface area contributed by atoms with Crippen LogP contribution in [0.5, 0.6) is 0 Å². The van der Waals surface area contributed by atoms with E-state index in [1.807, 2.05) is 0 Å². The molecule has 0 saturated carbocycles. The summed E-state index contributed by atoms with van der Waals surface area (Å²) >= 11 is 3.04. The predicted octanol–water partition coefficient (Wildman–Crippen LogP) is 2.69. The molecule has 7 heteroatoms. The topological polar surface area (TPSA) is 75.9 Å². The lowest BCUT2D eigenvalue weighted by atomic mass is 10.0. The van der Waals surface area contributed by atoms with Gasteiger partial charge in [0.2, 0.25) is 0 Å². The summed E-state index contributed by atoms with van der Waals surface area (Å²) in [4.78, 5) is 15.3. The molecule has 114 valence electrons. The van der Waals surface area contributed by atoms with Crippen molar-refractivity contribution < 1.29 is 13.2 Å². The Kier molecular flexibility index (Phi) is 5.20. The van der Waals surface area contributed by atoms with E-state index >= 15 is 0 Å². The van der Waals surface area contributed by atoms with Crippen LogP contribution < -0.4 is 0 Å². The molecule has 1 amide bonds. The number of carbonyl (C=O) groups excluding carboxylic acids is 1. The Labute approximate surface area is 137 Å². The van der Waals surface area contributed by atoms with Crippen LogP contribution in [-0.4, -0.2) is 31.1 Å². The molecule has 0 aliphatic heterocycles. The van der Waals surface area contributed by atoms with E-state index in [9.17, 15) is 13.2 Å². The summed E-state index contributed by atoms with van der Waals surface area (Å²) in [5, 5.41) is 0.140. The second kappa shape index (κ2) is 6.93. The first kappa shape index (κ1) is 16.5. The molecule has 1 aliphatic rings. The largest absolute Gasteiger partial charge is 0.282 e. The van der Waals surface area contributed by atoms with Crippen molar-refractivity contribution in [1.82, 2.24) is 0 Å². The molecule has 0 radical (unpaired) electrons. The molecular formula is C15H13BrN2O3S. The fraction of sp³-hybridized carbons (Fsp3) is 0.133. The number of rotatable bonds is 3. The van der Waals surface area contributed by atoms with Crippen molar-refractivity contribution in [2.75, 3.05) is 5.33 Å². The summed E-state index contributed by atoms with van der Waals surface area (Å²) in [6.45, 7) is 1.74. The van der Waals surface area contributed by atoms with Crippen LogP contribution in [0.3, 0.4) is 0 Å². The van der Waals surface area contributed by atoms with Crippen molar-refractivity contribution in [2.24, 2.45) is 9.39 Å². The Morgan fingerprint density at radius 1 is 1.18 bits per heavy atom. The van der Waals surface area contributed by atoms with Crippen LogP contribution in [0.15, 0.2) is 68.4 Å². The minimum Gasteiger partial charge on any atom is -0.272 e. The highest BCUT2D eigenvalue weighted by Gasteiger charge is 2.14. The molecule has 0 heterocycles. The van der Waals surface area contributed by atoms with Gasteiger partial charge in [-0.15, -0.1) is 0 Å². The van der Waals surface area contributed by atoms with Gasteiger partial charge in [0.05, 0.1) is 21.6 Å². The Morgan fingerprint density at radius 3 is 2.45 bits per heavy atom. The van der Waals surface area contributed by atoms with Gasteiger partial charge in [-0.25, -0.2) is 4.99 Å². The summed E-state index contributed by atoms with van der Waals surface area (Å²) in [6, 6.07) is 8.00. The highest BCUT2D eigenvalue weighted by molar-refractivity contribution is 9.09. The zero-order chi connectivity index (χ0) is 16.2. The molecule has 0 aromatic heterocycles. The summed E-state index contributed by atoms with van der Waals surface area (Å²) < 4.78 is 28.1. The monoisotopic (exact) mass is 380 g/mol. The van der Waals surface area contributed by atoms with Crippen LogP contribution in [-0.2, 0) is 14.8 Å². The van der Waals surface area contributed by atoms with Crippen molar-refractivity contribution in [1.29, 1.82) is 0 Å². The zero-order valence-corrected chi connectivity index (χ0v) is 14.1. The van der Waals surface area contributed by atoms with Gasteiger partial charge in [0.1, 0.15) is 0 Å². The van der Waals surface area contributed by atoms with E-state index in [-0.39, 0.29) is 16.1 Å². The molecule has 0 fully saturated rings. The average molecular weight is 381 g/mol. The van der Waals surface area contributed by atoms with E-state index < -0.39 is 10.0 Å². The number of nitrogens with zero attached hydrogens (tertiary/aromatic N) is 2. The Hall–Kier alpha value is -1.86. The first-order valence-electron chi connectivity index (χ1n) is 6.36. The highest BCUT2D eigenvalue weighted by Crippen LogP contribution is 2.14. The lowest BCUT2D eigenvalue weighted by molar-refractivity contribution is -0.115. The van der Waals surface area contributed by atoms with Gasteiger partial charge in [0.15, 0.2) is 0 Å². The van der Waals surface area contributed by atoms with Gasteiger partial charge in [-0.05, 0) is 42.9 Å². The first-order chi connectivity index (χ1) is 10.4. The Morgan fingerprint density at radius 2 is 1.86 bits per heavy atom. The third-order valence-corrected chi connectivity index (χ3v) is 4.61. The molecule has 1 aliphatic carbocycles. The molecule has 22 heavy (non-hydrogen) atoms. The zero-order valence-electron chi connectivity index (χ0n) is 11.7. The normalized spacial score (nSPS) is 18.5. The molecule has 0 saturated heterocycles. The lowest BCUT2D eigenvalue weighted by Gasteiger charge is -2.08. The van der Waals surface area contributed by atoms with Gasteiger partial charge in [-0.1, -0.05) is 34.1 Å². The third kappa shape index (κ3) is 4.08. The predicted molar refractivity (Wildman–Crippen MR) is 90.2 cm³/mol. The number of hydrogen-bond donors (Lipinski definition) is 0. The minimum absolute atomic E-state index is 0.135. The van der Waals surface area contributed by atoms with Crippen LogP contribution >= 0.6 is 15.9 Å². The Balaban J connectivity index is 2.32. The van der Waals surface area contributed by atoms with Gasteiger partial charge >= 0.3 is 0 Å². The molecule has 0 atom stereocenters. The lowest BCUT2D eigenvalue weighted by Crippen LogP contribution is -2.10. The van der Waals surface area contributed by atoms with Crippen molar-refractivity contribution in [2.45, 2.75) is 11.8 Å². The van der Waals surface area contributed by atoms with Crippen LogP contribution in [0, 0.1) is 0 Å². The van der Waals surface area contributed by atoms with Crippen molar-refractivity contribution >= 4 is 43.3 Å². The standard InChI is InChI=1S/C15H13BrN2O3S/c1-11-9-12(7-8-14(11)17-15(19)10-16)18-22(20,21)13-5-3-2-4-6-13/h2-9H,10H2,1H3/b17-14?,18-12-. The molecule has 1 aromatic rings. The van der Waals surface area contributed by atoms with E-state index in [0.29, 0.717) is 17.0 Å². The van der Waals surface area contributed by atoms with Crippen LogP contribution in [0.2, 0.25) is 0 Å². The summed E-state index contributed by atoms with van der Waals surface area (Å²) in [5.74, 6) is -0.301. The van der Waals surface area contributed by atoms with Crippen LogP contribution in [0.25, 0.3) is 0 Å². The second-order valence-electron chi connectivity index (χ2n) is 4.49. The van der Waals surface area contributed by atoms with Gasteiger partial charge in [0, 0.05) is 0 Å². The summed E-state index contributed by atoms with van der Waals surface area (Å²) in [7, 11) is -3.75. The maximum absolute atomic E-state index is 12.2. The molecule has 0 N–H and O–H groups in total. The second-order valence-corrected chi connectivity index (χ2v) is 6.65. The number of amides is 1. The summed E-state index contributed by atoms with van der Waals surface area (Å²) in [5.41, 5.74) is 1.48. The van der Waals surface area contributed by atoms with E-state index in [0.717, 1.165) is 0 Å². The molecule has 0 bridgehead atoms. The van der Waals surface area contributed by atoms with E-state index in [4.69, 9.17) is 0 Å². The van der Waals surface area contributed by atoms with Gasteiger partial charge < -0.3 is 0 Å². The van der Waals surface area contributed by atoms with Crippen molar-refractivity contribution in [3.05, 3.63) is 54.1 Å². The molecular weight excluding hydrogens is 368 g/mol. The fourth-order valence-electron chi connectivity index (χ4n) is 1.77. The molecule has 0 unspecified atom stereocenters. The van der Waals surface area contributed by atoms with Gasteiger partial charge in [-0.3, -0.25) is 4.79 Å². The average Bonchev–Trinajstić information content (AvgIpc) is 2.50. The number of sulfonamides is 1. The number of aliphatic imine (C=N–C) groups is 1. The SMILES string of the molecule is CC1=C/C(=N\S(=O)(=O)c2ccccc2)C=CC1=NC(=O)CBr. The van der Waals surface area contributed by atoms with Crippen LogP contribution in [0.1, 0.15) is 6.92 Å². The van der Waals surface area contributed by atoms with E-state index in [2.05, 4.69) is 25.3 Å². The van der Waals surface area contributed by atoms with Crippen LogP contribution in [0.4, 0.5) is 0 Å². The molecule has 2 rings (SSSR count). The maximum Gasteiger partial charge on any atom is 0.282 e. The molecule has 1 aromatic carbocycles. The smallest absolute Gasteiger partial charge is 0.272 e. The van der Waals surface area contributed by atoms with Crippen molar-refractivity contribution in [3.63, 3.8) is 0 Å². The number of benzene rings is 1. The number of carbonyl (C=O) groups is 1. The quantitative estimate of drug-likeness (QED) is 0.597. The number of allylic oxidation sites excluding steroid dienone is 4. The maximum atomic E-state index is 12.2.